The van der Waals surface area contributed by atoms with E-state index in [1.165, 1.54) is 34.9 Å². The van der Waals surface area contributed by atoms with Crippen LogP contribution in [0.5, 0.6) is 0 Å². The lowest BCUT2D eigenvalue weighted by Crippen LogP contribution is -2.32. The fourth-order valence-electron chi connectivity index (χ4n) is 2.52. The first kappa shape index (κ1) is 18.6. The van der Waals surface area contributed by atoms with Crippen LogP contribution in [-0.4, -0.2) is 24.9 Å². The summed E-state index contributed by atoms with van der Waals surface area (Å²) in [5.41, 5.74) is 3.60. The Morgan fingerprint density at radius 2 is 1.76 bits per heavy atom. The van der Waals surface area contributed by atoms with E-state index in [4.69, 9.17) is 0 Å². The molecule has 2 aromatic rings. The summed E-state index contributed by atoms with van der Waals surface area (Å²) in [6, 6.07) is 12.0. The molecule has 2 rings (SSSR count). The Hall–Kier alpha value is -2.69. The lowest BCUT2D eigenvalue weighted by molar-refractivity contribution is -0.120. The first-order valence-corrected chi connectivity index (χ1v) is 8.33. The molecule has 0 bridgehead atoms. The fraction of sp³-hybridized carbons (Fsp3) is 0.300. The highest BCUT2D eigenvalue weighted by Crippen LogP contribution is 2.10. The van der Waals surface area contributed by atoms with Gasteiger partial charge in [-0.1, -0.05) is 35.9 Å². The molecule has 0 radical (unpaired) electrons. The van der Waals surface area contributed by atoms with Gasteiger partial charge in [0.15, 0.2) is 0 Å². The second kappa shape index (κ2) is 8.97. The number of halogens is 1. The maximum atomic E-state index is 13.5. The highest BCUT2D eigenvalue weighted by atomic mass is 19.1. The molecular formula is C20H23FN2O2. The molecule has 0 aliphatic carbocycles. The average molecular weight is 342 g/mol. The normalized spacial score (nSPS) is 10.4. The standard InChI is InChI=1S/C20H23FN2O2/c1-14-7-8-15(2)16(13-14)9-11-22-19(24)10-12-23-20(25)17-5-3-4-6-18(17)21/h3-8,13H,9-12H2,1-2H3,(H,22,24)(H,23,25). The Labute approximate surface area is 147 Å². The van der Waals surface area contributed by atoms with Crippen molar-refractivity contribution in [1.82, 2.24) is 10.6 Å². The van der Waals surface area contributed by atoms with Crippen LogP contribution in [0.25, 0.3) is 0 Å². The van der Waals surface area contributed by atoms with Gasteiger partial charge in [-0.25, -0.2) is 4.39 Å². The second-order valence-corrected chi connectivity index (χ2v) is 6.02. The Morgan fingerprint density at radius 1 is 1.00 bits per heavy atom. The molecule has 2 N–H and O–H groups in total. The summed E-state index contributed by atoms with van der Waals surface area (Å²) in [5, 5.41) is 5.39. The van der Waals surface area contributed by atoms with Crippen molar-refractivity contribution in [2.24, 2.45) is 0 Å². The fourth-order valence-corrected chi connectivity index (χ4v) is 2.52. The van der Waals surface area contributed by atoms with E-state index in [2.05, 4.69) is 35.8 Å². The van der Waals surface area contributed by atoms with E-state index >= 15 is 0 Å². The maximum absolute atomic E-state index is 13.5. The smallest absolute Gasteiger partial charge is 0.254 e. The van der Waals surface area contributed by atoms with Crippen molar-refractivity contribution in [3.63, 3.8) is 0 Å². The zero-order valence-corrected chi connectivity index (χ0v) is 14.6. The van der Waals surface area contributed by atoms with Crippen LogP contribution in [0.15, 0.2) is 42.5 Å². The predicted molar refractivity (Wildman–Crippen MR) is 96.0 cm³/mol. The molecule has 0 aliphatic heterocycles. The average Bonchev–Trinajstić information content (AvgIpc) is 2.58. The molecule has 5 heteroatoms. The third-order valence-electron chi connectivity index (χ3n) is 3.98. The number of nitrogens with one attached hydrogen (secondary N) is 2. The molecule has 25 heavy (non-hydrogen) atoms. The van der Waals surface area contributed by atoms with E-state index in [1.54, 1.807) is 6.07 Å². The number of carbonyl (C=O) groups excluding carboxylic acids is 2. The Kier molecular flexibility index (Phi) is 6.69. The molecule has 0 aliphatic rings. The molecule has 0 spiro atoms. The van der Waals surface area contributed by atoms with Crippen LogP contribution in [0.1, 0.15) is 33.5 Å². The predicted octanol–water partition coefficient (Wildman–Crippen LogP) is 2.92. The van der Waals surface area contributed by atoms with Crippen LogP contribution >= 0.6 is 0 Å². The highest BCUT2D eigenvalue weighted by molar-refractivity contribution is 5.94. The van der Waals surface area contributed by atoms with Crippen molar-refractivity contribution in [2.45, 2.75) is 26.7 Å². The molecule has 0 unspecified atom stereocenters. The number of rotatable bonds is 7. The Morgan fingerprint density at radius 3 is 2.52 bits per heavy atom. The summed E-state index contributed by atoms with van der Waals surface area (Å²) < 4.78 is 13.5. The topological polar surface area (TPSA) is 58.2 Å². The zero-order valence-electron chi connectivity index (χ0n) is 14.6. The summed E-state index contributed by atoms with van der Waals surface area (Å²) in [4.78, 5) is 23.7. The van der Waals surface area contributed by atoms with Crippen LogP contribution in [0, 0.1) is 19.7 Å². The second-order valence-electron chi connectivity index (χ2n) is 6.02. The van der Waals surface area contributed by atoms with E-state index in [1.807, 2.05) is 6.92 Å². The molecule has 4 nitrogen and oxygen atoms in total. The van der Waals surface area contributed by atoms with Crippen molar-refractivity contribution < 1.29 is 14.0 Å². The third-order valence-corrected chi connectivity index (χ3v) is 3.98. The monoisotopic (exact) mass is 342 g/mol. The van der Waals surface area contributed by atoms with E-state index in [-0.39, 0.29) is 24.4 Å². The van der Waals surface area contributed by atoms with Crippen molar-refractivity contribution in [3.8, 4) is 0 Å². The van der Waals surface area contributed by atoms with Gasteiger partial charge in [-0.15, -0.1) is 0 Å². The van der Waals surface area contributed by atoms with Crippen LogP contribution in [0.2, 0.25) is 0 Å². The molecule has 0 saturated carbocycles. The van der Waals surface area contributed by atoms with Crippen molar-refractivity contribution in [2.75, 3.05) is 13.1 Å². The first-order chi connectivity index (χ1) is 12.0. The van der Waals surface area contributed by atoms with Crippen molar-refractivity contribution >= 4 is 11.8 Å². The van der Waals surface area contributed by atoms with Gasteiger partial charge < -0.3 is 10.6 Å². The lowest BCUT2D eigenvalue weighted by Gasteiger charge is -2.09. The van der Waals surface area contributed by atoms with Crippen LogP contribution in [0.4, 0.5) is 4.39 Å². The molecule has 2 amide bonds. The number of carbonyl (C=O) groups is 2. The highest BCUT2D eigenvalue weighted by Gasteiger charge is 2.10. The minimum Gasteiger partial charge on any atom is -0.356 e. The van der Waals surface area contributed by atoms with Gasteiger partial charge in [-0.3, -0.25) is 9.59 Å². The van der Waals surface area contributed by atoms with Crippen molar-refractivity contribution in [1.29, 1.82) is 0 Å². The molecule has 0 heterocycles. The summed E-state index contributed by atoms with van der Waals surface area (Å²) in [6.45, 7) is 4.81. The minimum atomic E-state index is -0.571. The van der Waals surface area contributed by atoms with Gasteiger partial charge in [0, 0.05) is 19.5 Å². The van der Waals surface area contributed by atoms with Gasteiger partial charge in [0.25, 0.3) is 5.91 Å². The largest absolute Gasteiger partial charge is 0.356 e. The van der Waals surface area contributed by atoms with Gasteiger partial charge >= 0.3 is 0 Å². The lowest BCUT2D eigenvalue weighted by atomic mass is 10.0. The molecule has 2 aromatic carbocycles. The molecule has 0 aromatic heterocycles. The summed E-state index contributed by atoms with van der Waals surface area (Å²) >= 11 is 0. The van der Waals surface area contributed by atoms with Gasteiger partial charge in [0.1, 0.15) is 5.82 Å². The number of amides is 2. The third kappa shape index (κ3) is 5.71. The van der Waals surface area contributed by atoms with Crippen molar-refractivity contribution in [3.05, 3.63) is 70.5 Å². The zero-order chi connectivity index (χ0) is 18.2. The summed E-state index contributed by atoms with van der Waals surface area (Å²) in [6.07, 6.45) is 0.924. The molecule has 0 atom stereocenters. The van der Waals surface area contributed by atoms with Crippen LogP contribution < -0.4 is 10.6 Å². The number of hydrogen-bond acceptors (Lipinski definition) is 2. The number of aryl methyl sites for hydroxylation is 2. The quantitative estimate of drug-likeness (QED) is 0.813. The maximum Gasteiger partial charge on any atom is 0.254 e. The molecule has 132 valence electrons. The van der Waals surface area contributed by atoms with E-state index in [9.17, 15) is 14.0 Å². The first-order valence-electron chi connectivity index (χ1n) is 8.33. The van der Waals surface area contributed by atoms with E-state index in [0.717, 1.165) is 6.42 Å². The Bertz CT molecular complexity index is 759. The summed E-state index contributed by atoms with van der Waals surface area (Å²) in [7, 11) is 0. The number of hydrogen-bond donors (Lipinski definition) is 2. The minimum absolute atomic E-state index is 0.0159. The number of benzene rings is 2. The molecular weight excluding hydrogens is 319 g/mol. The van der Waals surface area contributed by atoms with Gasteiger partial charge in [0.2, 0.25) is 5.91 Å². The Balaban J connectivity index is 1.70. The van der Waals surface area contributed by atoms with Gasteiger partial charge in [-0.05, 0) is 43.5 Å². The molecule has 0 fully saturated rings. The SMILES string of the molecule is Cc1ccc(C)c(CCNC(=O)CCNC(=O)c2ccccc2F)c1. The van der Waals surface area contributed by atoms with E-state index < -0.39 is 11.7 Å². The van der Waals surface area contributed by atoms with E-state index in [0.29, 0.717) is 6.54 Å². The van der Waals surface area contributed by atoms with Gasteiger partial charge in [0.05, 0.1) is 5.56 Å². The van der Waals surface area contributed by atoms with Gasteiger partial charge in [-0.2, -0.15) is 0 Å². The van der Waals surface area contributed by atoms with Crippen LogP contribution in [-0.2, 0) is 11.2 Å². The van der Waals surface area contributed by atoms with Crippen LogP contribution in [0.3, 0.4) is 0 Å². The molecule has 0 saturated heterocycles. The summed E-state index contributed by atoms with van der Waals surface area (Å²) in [5.74, 6) is -1.22.